The Labute approximate surface area is 148 Å². The first-order valence-corrected chi connectivity index (χ1v) is 9.03. The van der Waals surface area contributed by atoms with Crippen molar-refractivity contribution in [1.29, 1.82) is 0 Å². The Morgan fingerprint density at radius 1 is 0.720 bits per heavy atom. The van der Waals surface area contributed by atoms with Crippen molar-refractivity contribution in [2.24, 2.45) is 0 Å². The van der Waals surface area contributed by atoms with Gasteiger partial charge in [-0.3, -0.25) is 0 Å². The number of aryl methyl sites for hydroxylation is 2. The van der Waals surface area contributed by atoms with Crippen molar-refractivity contribution in [3.63, 3.8) is 0 Å². The van der Waals surface area contributed by atoms with Gasteiger partial charge in [0.2, 0.25) is 0 Å². The van der Waals surface area contributed by atoms with Crippen LogP contribution in [0, 0.1) is 0 Å². The molecule has 2 unspecified atom stereocenters. The lowest BCUT2D eigenvalue weighted by atomic mass is 10.0. The molecule has 0 spiro atoms. The SMILES string of the molecule is c1ccc(OCC2CO2)c(CCCc2ccccc2OCC2CO2)c1. The molecule has 25 heavy (non-hydrogen) atoms. The molecule has 2 aromatic rings. The van der Waals surface area contributed by atoms with Crippen molar-refractivity contribution >= 4 is 0 Å². The molecule has 4 heteroatoms. The highest BCUT2D eigenvalue weighted by Gasteiger charge is 2.24. The quantitative estimate of drug-likeness (QED) is 0.622. The van der Waals surface area contributed by atoms with Crippen LogP contribution in [0.5, 0.6) is 11.5 Å². The molecule has 4 rings (SSSR count). The average Bonchev–Trinajstić information content (AvgIpc) is 3.55. The van der Waals surface area contributed by atoms with Gasteiger partial charge in [0, 0.05) is 0 Å². The minimum Gasteiger partial charge on any atom is -0.491 e. The van der Waals surface area contributed by atoms with Crippen LogP contribution in [0.1, 0.15) is 17.5 Å². The summed E-state index contributed by atoms with van der Waals surface area (Å²) < 4.78 is 22.2. The number of benzene rings is 2. The van der Waals surface area contributed by atoms with Gasteiger partial charge in [-0.05, 0) is 42.5 Å². The Kier molecular flexibility index (Phi) is 5.19. The first-order valence-electron chi connectivity index (χ1n) is 9.03. The second kappa shape index (κ2) is 7.89. The summed E-state index contributed by atoms with van der Waals surface area (Å²) in [5, 5.41) is 0. The number of rotatable bonds is 10. The van der Waals surface area contributed by atoms with E-state index in [9.17, 15) is 0 Å². The van der Waals surface area contributed by atoms with Crippen molar-refractivity contribution in [3.8, 4) is 11.5 Å². The summed E-state index contributed by atoms with van der Waals surface area (Å²) >= 11 is 0. The van der Waals surface area contributed by atoms with Gasteiger partial charge in [0.05, 0.1) is 13.2 Å². The van der Waals surface area contributed by atoms with E-state index in [4.69, 9.17) is 18.9 Å². The van der Waals surface area contributed by atoms with E-state index in [1.807, 2.05) is 24.3 Å². The van der Waals surface area contributed by atoms with E-state index < -0.39 is 0 Å². The van der Waals surface area contributed by atoms with Crippen LogP contribution in [0.15, 0.2) is 48.5 Å². The van der Waals surface area contributed by atoms with Crippen molar-refractivity contribution in [2.45, 2.75) is 31.5 Å². The van der Waals surface area contributed by atoms with Crippen molar-refractivity contribution in [1.82, 2.24) is 0 Å². The Bertz CT molecular complexity index is 632. The molecule has 0 saturated carbocycles. The number of ether oxygens (including phenoxy) is 4. The van der Waals surface area contributed by atoms with Crippen molar-refractivity contribution < 1.29 is 18.9 Å². The maximum Gasteiger partial charge on any atom is 0.122 e. The number of epoxide rings is 2. The van der Waals surface area contributed by atoms with E-state index >= 15 is 0 Å². The molecular formula is C21H24O4. The Morgan fingerprint density at radius 3 is 1.60 bits per heavy atom. The fraction of sp³-hybridized carbons (Fsp3) is 0.429. The molecule has 2 fully saturated rings. The normalized spacial score (nSPS) is 21.0. The lowest BCUT2D eigenvalue weighted by molar-refractivity contribution is 0.260. The summed E-state index contributed by atoms with van der Waals surface area (Å²) in [5.41, 5.74) is 2.51. The largest absolute Gasteiger partial charge is 0.491 e. The Hall–Kier alpha value is -2.04. The summed E-state index contributed by atoms with van der Waals surface area (Å²) in [6, 6.07) is 16.6. The average molecular weight is 340 g/mol. The van der Waals surface area contributed by atoms with E-state index in [1.54, 1.807) is 0 Å². The van der Waals surface area contributed by atoms with Crippen LogP contribution in [-0.4, -0.2) is 38.6 Å². The van der Waals surface area contributed by atoms with Crippen LogP contribution in [-0.2, 0) is 22.3 Å². The van der Waals surface area contributed by atoms with E-state index in [-0.39, 0.29) is 12.2 Å². The molecule has 0 radical (unpaired) electrons. The molecule has 2 heterocycles. The monoisotopic (exact) mass is 340 g/mol. The topological polar surface area (TPSA) is 43.5 Å². The van der Waals surface area contributed by atoms with Crippen LogP contribution in [0.4, 0.5) is 0 Å². The van der Waals surface area contributed by atoms with Gasteiger partial charge in [0.1, 0.15) is 36.9 Å². The molecule has 0 aromatic heterocycles. The van der Waals surface area contributed by atoms with Crippen LogP contribution < -0.4 is 9.47 Å². The molecule has 2 aliphatic heterocycles. The second-order valence-corrected chi connectivity index (χ2v) is 6.60. The van der Waals surface area contributed by atoms with Crippen molar-refractivity contribution in [3.05, 3.63) is 59.7 Å². The van der Waals surface area contributed by atoms with Crippen LogP contribution in [0.3, 0.4) is 0 Å². The highest BCUT2D eigenvalue weighted by molar-refractivity contribution is 5.35. The molecule has 2 saturated heterocycles. The Balaban J connectivity index is 1.31. The zero-order valence-corrected chi connectivity index (χ0v) is 14.4. The standard InChI is InChI=1S/C21H24O4/c1-3-10-20(24-14-18-12-22-18)16(6-1)8-5-9-17-7-2-4-11-21(17)25-15-19-13-23-19/h1-4,6-7,10-11,18-19H,5,8-9,12-15H2. The maximum atomic E-state index is 5.90. The predicted octanol–water partition coefficient (Wildman–Crippen LogP) is 3.42. The van der Waals surface area contributed by atoms with Gasteiger partial charge in [-0.1, -0.05) is 36.4 Å². The van der Waals surface area contributed by atoms with Gasteiger partial charge in [0.25, 0.3) is 0 Å². The molecule has 0 amide bonds. The third-order valence-corrected chi connectivity index (χ3v) is 4.49. The van der Waals surface area contributed by atoms with E-state index in [0.29, 0.717) is 13.2 Å². The predicted molar refractivity (Wildman–Crippen MR) is 95.4 cm³/mol. The van der Waals surface area contributed by atoms with Crippen molar-refractivity contribution in [2.75, 3.05) is 26.4 Å². The smallest absolute Gasteiger partial charge is 0.122 e. The fourth-order valence-corrected chi connectivity index (χ4v) is 2.87. The minimum absolute atomic E-state index is 0.285. The molecule has 2 aliphatic rings. The van der Waals surface area contributed by atoms with Gasteiger partial charge < -0.3 is 18.9 Å². The fourth-order valence-electron chi connectivity index (χ4n) is 2.87. The summed E-state index contributed by atoms with van der Waals surface area (Å²) in [4.78, 5) is 0. The summed E-state index contributed by atoms with van der Waals surface area (Å²) in [7, 11) is 0. The zero-order chi connectivity index (χ0) is 16.9. The third kappa shape index (κ3) is 4.97. The summed E-state index contributed by atoms with van der Waals surface area (Å²) in [6.45, 7) is 2.95. The lowest BCUT2D eigenvalue weighted by Crippen LogP contribution is -2.07. The van der Waals surface area contributed by atoms with Gasteiger partial charge >= 0.3 is 0 Å². The first kappa shape index (κ1) is 16.4. The molecule has 0 aliphatic carbocycles. The zero-order valence-electron chi connectivity index (χ0n) is 14.4. The number of hydrogen-bond donors (Lipinski definition) is 0. The Morgan fingerprint density at radius 2 is 1.16 bits per heavy atom. The van der Waals surface area contributed by atoms with Gasteiger partial charge in [-0.25, -0.2) is 0 Å². The molecule has 2 aromatic carbocycles. The summed E-state index contributed by atoms with van der Waals surface area (Å²) in [6.07, 6.45) is 3.60. The maximum absolute atomic E-state index is 5.90. The molecular weight excluding hydrogens is 316 g/mol. The highest BCUT2D eigenvalue weighted by atomic mass is 16.6. The van der Waals surface area contributed by atoms with Crippen LogP contribution >= 0.6 is 0 Å². The molecule has 2 atom stereocenters. The lowest BCUT2D eigenvalue weighted by Gasteiger charge is -2.12. The van der Waals surface area contributed by atoms with Gasteiger partial charge in [0.15, 0.2) is 0 Å². The molecule has 0 N–H and O–H groups in total. The van der Waals surface area contributed by atoms with E-state index in [2.05, 4.69) is 24.3 Å². The van der Waals surface area contributed by atoms with Gasteiger partial charge in [-0.2, -0.15) is 0 Å². The second-order valence-electron chi connectivity index (χ2n) is 6.60. The minimum atomic E-state index is 0.285. The first-order chi connectivity index (χ1) is 12.4. The van der Waals surface area contributed by atoms with Crippen LogP contribution in [0.25, 0.3) is 0 Å². The molecule has 132 valence electrons. The molecule has 0 bridgehead atoms. The number of hydrogen-bond acceptors (Lipinski definition) is 4. The molecule has 4 nitrogen and oxygen atoms in total. The third-order valence-electron chi connectivity index (χ3n) is 4.49. The number of para-hydroxylation sites is 2. The van der Waals surface area contributed by atoms with Crippen LogP contribution in [0.2, 0.25) is 0 Å². The van der Waals surface area contributed by atoms with E-state index in [1.165, 1.54) is 11.1 Å². The van der Waals surface area contributed by atoms with Gasteiger partial charge in [-0.15, -0.1) is 0 Å². The van der Waals surface area contributed by atoms with E-state index in [0.717, 1.165) is 44.0 Å². The highest BCUT2D eigenvalue weighted by Crippen LogP contribution is 2.25. The summed E-state index contributed by atoms with van der Waals surface area (Å²) in [5.74, 6) is 1.96.